The first-order valence-electron chi connectivity index (χ1n) is 5.41. The van der Waals surface area contributed by atoms with Crippen molar-refractivity contribution in [3.63, 3.8) is 0 Å². The van der Waals surface area contributed by atoms with E-state index < -0.39 is 18.6 Å². The Labute approximate surface area is 99.8 Å². The Morgan fingerprint density at radius 3 is 2.29 bits per heavy atom. The minimum atomic E-state index is -4.36. The lowest BCUT2D eigenvalue weighted by Gasteiger charge is -2.24. The first-order valence-corrected chi connectivity index (χ1v) is 5.41. The molecule has 17 heavy (non-hydrogen) atoms. The van der Waals surface area contributed by atoms with Crippen molar-refractivity contribution >= 4 is 5.91 Å². The van der Waals surface area contributed by atoms with Crippen molar-refractivity contribution in [3.8, 4) is 0 Å². The molecule has 0 rings (SSSR count). The molecule has 0 spiro atoms. The van der Waals surface area contributed by atoms with E-state index in [9.17, 15) is 18.0 Å². The highest BCUT2D eigenvalue weighted by Gasteiger charge is 2.32. The van der Waals surface area contributed by atoms with Crippen molar-refractivity contribution in [3.05, 3.63) is 24.3 Å². The number of hydrogen-bond donors (Lipinski definition) is 0. The molecular weight excluding hydrogens is 231 g/mol. The fourth-order valence-electron chi connectivity index (χ4n) is 1.24. The summed E-state index contributed by atoms with van der Waals surface area (Å²) in [6.45, 7) is 4.19. The number of halogens is 3. The van der Waals surface area contributed by atoms with Gasteiger partial charge in [-0.05, 0) is 12.8 Å². The summed E-state index contributed by atoms with van der Waals surface area (Å²) in [5, 5.41) is 0. The lowest BCUT2D eigenvalue weighted by Crippen LogP contribution is -2.40. The van der Waals surface area contributed by atoms with Crippen LogP contribution in [-0.2, 0) is 4.79 Å². The van der Waals surface area contributed by atoms with E-state index in [1.165, 1.54) is 6.08 Å². The van der Waals surface area contributed by atoms with E-state index in [2.05, 4.69) is 0 Å². The third-order valence-electron chi connectivity index (χ3n) is 1.81. The summed E-state index contributed by atoms with van der Waals surface area (Å²) in [5.41, 5.74) is 0. The van der Waals surface area contributed by atoms with Gasteiger partial charge in [0.05, 0.1) is 0 Å². The Morgan fingerprint density at radius 2 is 1.88 bits per heavy atom. The maximum atomic E-state index is 12.3. The summed E-state index contributed by atoms with van der Waals surface area (Å²) >= 11 is 0. The van der Waals surface area contributed by atoms with Gasteiger partial charge in [-0.1, -0.05) is 32.1 Å². The Kier molecular flexibility index (Phi) is 6.61. The van der Waals surface area contributed by atoms with Gasteiger partial charge in [-0.2, -0.15) is 13.2 Å². The van der Waals surface area contributed by atoms with Crippen LogP contribution in [0.2, 0.25) is 0 Å². The number of allylic oxidation sites excluding steroid dienone is 3. The SMILES string of the molecule is C/C=C/C=CC(=O)N(CC(C)C)CC(F)(F)F. The minimum absolute atomic E-state index is 0.00332. The monoisotopic (exact) mass is 249 g/mol. The highest BCUT2D eigenvalue weighted by molar-refractivity contribution is 5.87. The molecule has 98 valence electrons. The third-order valence-corrected chi connectivity index (χ3v) is 1.81. The average molecular weight is 249 g/mol. The van der Waals surface area contributed by atoms with Crippen molar-refractivity contribution in [1.82, 2.24) is 4.90 Å². The van der Waals surface area contributed by atoms with Gasteiger partial charge in [0, 0.05) is 12.6 Å². The molecule has 0 aliphatic rings. The standard InChI is InChI=1S/C12H18F3NO/c1-4-5-6-7-11(17)16(8-10(2)3)9-12(13,14)15/h4-7,10H,8-9H2,1-3H3/b5-4+,7-6?. The average Bonchev–Trinajstić information content (AvgIpc) is 2.14. The highest BCUT2D eigenvalue weighted by Crippen LogP contribution is 2.17. The fraction of sp³-hybridized carbons (Fsp3) is 0.583. The number of alkyl halides is 3. The summed E-state index contributed by atoms with van der Waals surface area (Å²) in [6.07, 6.45) is 1.51. The van der Waals surface area contributed by atoms with E-state index >= 15 is 0 Å². The molecule has 5 heteroatoms. The zero-order valence-corrected chi connectivity index (χ0v) is 10.3. The molecule has 0 saturated carbocycles. The van der Waals surface area contributed by atoms with Gasteiger partial charge in [-0.25, -0.2) is 0 Å². The number of carbonyl (C=O) groups is 1. The number of carbonyl (C=O) groups excluding carboxylic acids is 1. The summed E-state index contributed by atoms with van der Waals surface area (Å²) in [7, 11) is 0. The lowest BCUT2D eigenvalue weighted by atomic mass is 10.2. The molecule has 0 N–H and O–H groups in total. The minimum Gasteiger partial charge on any atom is -0.330 e. The van der Waals surface area contributed by atoms with Crippen LogP contribution in [0.3, 0.4) is 0 Å². The summed E-state index contributed by atoms with van der Waals surface area (Å²) in [5.74, 6) is -0.620. The van der Waals surface area contributed by atoms with Gasteiger partial charge in [0.1, 0.15) is 6.54 Å². The maximum absolute atomic E-state index is 12.3. The van der Waals surface area contributed by atoms with Gasteiger partial charge in [0.15, 0.2) is 0 Å². The third kappa shape index (κ3) is 8.54. The van der Waals surface area contributed by atoms with E-state index in [0.717, 1.165) is 11.0 Å². The van der Waals surface area contributed by atoms with Crippen LogP contribution >= 0.6 is 0 Å². The Morgan fingerprint density at radius 1 is 1.29 bits per heavy atom. The van der Waals surface area contributed by atoms with Crippen molar-refractivity contribution in [2.75, 3.05) is 13.1 Å². The predicted molar refractivity (Wildman–Crippen MR) is 61.4 cm³/mol. The molecule has 0 saturated heterocycles. The number of rotatable bonds is 5. The summed E-state index contributed by atoms with van der Waals surface area (Å²) in [6, 6.07) is 0. The van der Waals surface area contributed by atoms with Gasteiger partial charge in [0.25, 0.3) is 0 Å². The Hall–Kier alpha value is -1.26. The van der Waals surface area contributed by atoms with Gasteiger partial charge >= 0.3 is 6.18 Å². The highest BCUT2D eigenvalue weighted by atomic mass is 19.4. The van der Waals surface area contributed by atoms with Crippen molar-refractivity contribution < 1.29 is 18.0 Å². The summed E-state index contributed by atoms with van der Waals surface area (Å²) < 4.78 is 36.8. The number of hydrogen-bond acceptors (Lipinski definition) is 1. The molecule has 0 aliphatic heterocycles. The normalized spacial score (nSPS) is 12.9. The van der Waals surface area contributed by atoms with Gasteiger partial charge < -0.3 is 4.90 Å². The maximum Gasteiger partial charge on any atom is 0.406 e. The largest absolute Gasteiger partial charge is 0.406 e. The molecule has 0 aromatic carbocycles. The lowest BCUT2D eigenvalue weighted by molar-refractivity contribution is -0.159. The number of nitrogens with zero attached hydrogens (tertiary/aromatic N) is 1. The molecule has 0 heterocycles. The Bertz CT molecular complexity index is 293. The molecule has 0 radical (unpaired) electrons. The zero-order chi connectivity index (χ0) is 13.5. The topological polar surface area (TPSA) is 20.3 Å². The molecular formula is C12H18F3NO. The second-order valence-electron chi connectivity index (χ2n) is 4.11. The second-order valence-corrected chi connectivity index (χ2v) is 4.11. The van der Waals surface area contributed by atoms with Crippen LogP contribution in [-0.4, -0.2) is 30.1 Å². The zero-order valence-electron chi connectivity index (χ0n) is 10.3. The molecule has 0 aliphatic carbocycles. The van der Waals surface area contributed by atoms with E-state index in [4.69, 9.17) is 0 Å². The molecule has 2 nitrogen and oxygen atoms in total. The summed E-state index contributed by atoms with van der Waals surface area (Å²) in [4.78, 5) is 12.3. The molecule has 0 fully saturated rings. The molecule has 0 unspecified atom stereocenters. The first kappa shape index (κ1) is 15.7. The van der Waals surface area contributed by atoms with Crippen LogP contribution in [0.4, 0.5) is 13.2 Å². The molecule has 0 atom stereocenters. The Balaban J connectivity index is 4.62. The van der Waals surface area contributed by atoms with Crippen LogP contribution in [0.5, 0.6) is 0 Å². The van der Waals surface area contributed by atoms with E-state index in [1.54, 1.807) is 32.9 Å². The van der Waals surface area contributed by atoms with Gasteiger partial charge in [-0.3, -0.25) is 4.79 Å². The fourth-order valence-corrected chi connectivity index (χ4v) is 1.24. The quantitative estimate of drug-likeness (QED) is 0.541. The smallest absolute Gasteiger partial charge is 0.330 e. The van der Waals surface area contributed by atoms with Crippen molar-refractivity contribution in [2.45, 2.75) is 26.9 Å². The molecule has 0 bridgehead atoms. The first-order chi connectivity index (χ1) is 7.76. The molecule has 0 aromatic rings. The van der Waals surface area contributed by atoms with Crippen LogP contribution < -0.4 is 0 Å². The molecule has 1 amide bonds. The van der Waals surface area contributed by atoms with E-state index in [1.807, 2.05) is 0 Å². The van der Waals surface area contributed by atoms with Crippen LogP contribution in [0.25, 0.3) is 0 Å². The van der Waals surface area contributed by atoms with Gasteiger partial charge in [0.2, 0.25) is 5.91 Å². The molecule has 0 aromatic heterocycles. The van der Waals surface area contributed by atoms with Crippen LogP contribution in [0.15, 0.2) is 24.3 Å². The van der Waals surface area contributed by atoms with Crippen molar-refractivity contribution in [2.24, 2.45) is 5.92 Å². The van der Waals surface area contributed by atoms with Crippen LogP contribution in [0, 0.1) is 5.92 Å². The van der Waals surface area contributed by atoms with E-state index in [-0.39, 0.29) is 12.5 Å². The predicted octanol–water partition coefficient (Wildman–Crippen LogP) is 3.17. The number of amides is 1. The van der Waals surface area contributed by atoms with Crippen molar-refractivity contribution in [1.29, 1.82) is 0 Å². The van der Waals surface area contributed by atoms with Crippen LogP contribution in [0.1, 0.15) is 20.8 Å². The van der Waals surface area contributed by atoms with E-state index in [0.29, 0.717) is 0 Å². The second kappa shape index (κ2) is 7.14. The van der Waals surface area contributed by atoms with Gasteiger partial charge in [-0.15, -0.1) is 0 Å².